The predicted octanol–water partition coefficient (Wildman–Crippen LogP) is 8.15. The van der Waals surface area contributed by atoms with Gasteiger partial charge in [-0.3, -0.25) is 0 Å². The molecule has 3 aromatic carbocycles. The lowest BCUT2D eigenvalue weighted by atomic mass is 10.2. The summed E-state index contributed by atoms with van der Waals surface area (Å²) < 4.78 is 0.889. The molecule has 1 aromatic heterocycles. The molecule has 4 rings (SSSR count). The highest BCUT2D eigenvalue weighted by Crippen LogP contribution is 2.35. The van der Waals surface area contributed by atoms with E-state index in [-0.39, 0.29) is 6.61 Å². The Kier molecular flexibility index (Phi) is 8.34. The van der Waals surface area contributed by atoms with Gasteiger partial charge >= 0.3 is 0 Å². The summed E-state index contributed by atoms with van der Waals surface area (Å²) >= 11 is 13.5. The zero-order valence-corrected chi connectivity index (χ0v) is 20.7. The number of azo groups is 2. The first-order chi connectivity index (χ1) is 17.1. The molecule has 8 nitrogen and oxygen atoms in total. The molecule has 0 radical (unpaired) electrons. The third-order valence-electron chi connectivity index (χ3n) is 4.88. The van der Waals surface area contributed by atoms with Crippen LogP contribution in [0.2, 0.25) is 10.0 Å². The van der Waals surface area contributed by atoms with Crippen LogP contribution in [-0.2, 0) is 0 Å². The normalized spacial score (nSPS) is 11.5. The average Bonchev–Trinajstić information content (AvgIpc) is 3.26. The van der Waals surface area contributed by atoms with Crippen molar-refractivity contribution < 1.29 is 5.11 Å². The number of rotatable bonds is 9. The van der Waals surface area contributed by atoms with Gasteiger partial charge in [-0.25, -0.2) is 4.98 Å². The fourth-order valence-electron chi connectivity index (χ4n) is 3.16. The third kappa shape index (κ3) is 6.59. The van der Waals surface area contributed by atoms with E-state index in [4.69, 9.17) is 28.5 Å². The van der Waals surface area contributed by atoms with E-state index >= 15 is 0 Å². The number of anilines is 1. The van der Waals surface area contributed by atoms with Gasteiger partial charge in [-0.05, 0) is 60.7 Å². The molecule has 0 unspecified atom stereocenters. The minimum atomic E-state index is 0.0206. The second-order valence-electron chi connectivity index (χ2n) is 7.28. The van der Waals surface area contributed by atoms with Crippen LogP contribution in [0.3, 0.4) is 0 Å². The van der Waals surface area contributed by atoms with Crippen LogP contribution >= 0.6 is 34.5 Å². The summed E-state index contributed by atoms with van der Waals surface area (Å²) in [5.41, 5.74) is 3.67. The number of aliphatic hydroxyl groups excluding tert-OH is 1. The Hall–Kier alpha value is -3.42. The zero-order chi connectivity index (χ0) is 24.6. The number of nitriles is 1. The van der Waals surface area contributed by atoms with Gasteiger partial charge in [0, 0.05) is 18.8 Å². The fourth-order valence-corrected chi connectivity index (χ4v) is 4.36. The molecular weight excluding hydrogens is 505 g/mol. The van der Waals surface area contributed by atoms with Crippen LogP contribution in [0.15, 0.2) is 81.1 Å². The van der Waals surface area contributed by atoms with E-state index in [1.807, 2.05) is 29.2 Å². The van der Waals surface area contributed by atoms with Crippen molar-refractivity contribution >= 4 is 72.6 Å². The lowest BCUT2D eigenvalue weighted by molar-refractivity contribution is 0.302. The van der Waals surface area contributed by atoms with Crippen molar-refractivity contribution in [2.24, 2.45) is 20.5 Å². The molecule has 0 spiro atoms. The standard InChI is InChI=1S/C24H19Cl2N7OS/c25-20-14-22-23(15-21(20)26)35-24(28-22)32-31-17-4-2-16(3-5-17)29-30-18-6-8-19(9-7-18)33(12-13-34)11-1-10-27/h2-9,14-15,34H,1,11-13H2. The highest BCUT2D eigenvalue weighted by atomic mass is 35.5. The maximum absolute atomic E-state index is 9.24. The number of thiazole rings is 1. The first-order valence-corrected chi connectivity index (χ1v) is 12.1. The highest BCUT2D eigenvalue weighted by Gasteiger charge is 2.07. The molecule has 176 valence electrons. The molecule has 0 aliphatic carbocycles. The van der Waals surface area contributed by atoms with Crippen molar-refractivity contribution in [3.05, 3.63) is 70.7 Å². The van der Waals surface area contributed by atoms with Crippen molar-refractivity contribution in [2.45, 2.75) is 6.42 Å². The van der Waals surface area contributed by atoms with Crippen LogP contribution in [0.25, 0.3) is 10.2 Å². The SMILES string of the molecule is N#CCCN(CCO)c1ccc(N=Nc2ccc(N=Nc3nc4cc(Cl)c(Cl)cc4s3)cc2)cc1. The number of aliphatic hydroxyl groups is 1. The number of hydrogen-bond donors (Lipinski definition) is 1. The van der Waals surface area contributed by atoms with Crippen LogP contribution < -0.4 is 4.90 Å². The molecule has 11 heteroatoms. The van der Waals surface area contributed by atoms with E-state index in [1.165, 1.54) is 11.3 Å². The van der Waals surface area contributed by atoms with Gasteiger partial charge in [0.05, 0.1) is 56.4 Å². The summed E-state index contributed by atoms with van der Waals surface area (Å²) in [6, 6.07) is 20.3. The maximum Gasteiger partial charge on any atom is 0.231 e. The van der Waals surface area contributed by atoms with Gasteiger partial charge in [0.1, 0.15) is 0 Å². The second-order valence-corrected chi connectivity index (χ2v) is 9.11. The van der Waals surface area contributed by atoms with E-state index in [2.05, 4.69) is 31.5 Å². The molecule has 0 fully saturated rings. The Balaban J connectivity index is 1.39. The van der Waals surface area contributed by atoms with E-state index < -0.39 is 0 Å². The molecule has 4 aromatic rings. The van der Waals surface area contributed by atoms with E-state index in [0.717, 1.165) is 15.9 Å². The van der Waals surface area contributed by atoms with Gasteiger partial charge in [0.15, 0.2) is 0 Å². The van der Waals surface area contributed by atoms with Crippen LogP contribution in [0.4, 0.5) is 27.9 Å². The van der Waals surface area contributed by atoms with Crippen LogP contribution in [0.1, 0.15) is 6.42 Å². The Morgan fingerprint density at radius 2 is 1.43 bits per heavy atom. The summed E-state index contributed by atoms with van der Waals surface area (Å²) in [6.45, 7) is 1.05. The van der Waals surface area contributed by atoms with Gasteiger partial charge in [0.2, 0.25) is 5.13 Å². The summed E-state index contributed by atoms with van der Waals surface area (Å²) in [4.78, 5) is 6.36. The second kappa shape index (κ2) is 11.8. The van der Waals surface area contributed by atoms with E-state index in [0.29, 0.717) is 51.7 Å². The Labute approximate surface area is 215 Å². The van der Waals surface area contributed by atoms with Crippen molar-refractivity contribution in [1.82, 2.24) is 4.98 Å². The smallest absolute Gasteiger partial charge is 0.231 e. The molecule has 0 atom stereocenters. The number of benzene rings is 3. The van der Waals surface area contributed by atoms with Gasteiger partial charge in [-0.15, -0.1) is 10.2 Å². The number of aromatic nitrogens is 1. The van der Waals surface area contributed by atoms with E-state index in [9.17, 15) is 5.11 Å². The number of nitrogens with zero attached hydrogens (tertiary/aromatic N) is 7. The Morgan fingerprint density at radius 1 is 0.857 bits per heavy atom. The number of fused-ring (bicyclic) bond motifs is 1. The third-order valence-corrected chi connectivity index (χ3v) is 6.50. The predicted molar refractivity (Wildman–Crippen MR) is 140 cm³/mol. The maximum atomic E-state index is 9.24. The number of halogens is 2. The lowest BCUT2D eigenvalue weighted by Gasteiger charge is -2.22. The molecule has 0 saturated carbocycles. The topological polar surface area (TPSA) is 110 Å². The minimum absolute atomic E-state index is 0.0206. The summed E-state index contributed by atoms with van der Waals surface area (Å²) in [5, 5.41) is 36.5. The Bertz CT molecular complexity index is 1360. The van der Waals surface area contributed by atoms with Gasteiger partial charge in [-0.2, -0.15) is 15.5 Å². The molecule has 35 heavy (non-hydrogen) atoms. The minimum Gasteiger partial charge on any atom is -0.395 e. The molecule has 0 amide bonds. The van der Waals surface area contributed by atoms with Gasteiger partial charge < -0.3 is 10.0 Å². The van der Waals surface area contributed by atoms with Gasteiger partial charge in [0.25, 0.3) is 0 Å². The molecule has 0 bridgehead atoms. The van der Waals surface area contributed by atoms with Crippen molar-refractivity contribution in [2.75, 3.05) is 24.6 Å². The molecule has 0 aliphatic heterocycles. The van der Waals surface area contributed by atoms with Crippen LogP contribution in [-0.4, -0.2) is 29.8 Å². The first-order valence-electron chi connectivity index (χ1n) is 10.6. The zero-order valence-electron chi connectivity index (χ0n) is 18.3. The van der Waals surface area contributed by atoms with E-state index in [1.54, 1.807) is 36.4 Å². The summed E-state index contributed by atoms with van der Waals surface area (Å²) in [7, 11) is 0. The molecule has 0 saturated heterocycles. The monoisotopic (exact) mass is 523 g/mol. The van der Waals surface area contributed by atoms with Crippen molar-refractivity contribution in [3.8, 4) is 6.07 Å². The van der Waals surface area contributed by atoms with Gasteiger partial charge in [-0.1, -0.05) is 34.5 Å². The molecule has 1 N–H and O–H groups in total. The molecule has 1 heterocycles. The van der Waals surface area contributed by atoms with Crippen LogP contribution in [0, 0.1) is 11.3 Å². The quantitative estimate of drug-likeness (QED) is 0.223. The first kappa shape index (κ1) is 24.7. The van der Waals surface area contributed by atoms with Crippen molar-refractivity contribution in [3.63, 3.8) is 0 Å². The largest absolute Gasteiger partial charge is 0.395 e. The average molecular weight is 524 g/mol. The Morgan fingerprint density at radius 3 is 2.03 bits per heavy atom. The van der Waals surface area contributed by atoms with Crippen molar-refractivity contribution in [1.29, 1.82) is 5.26 Å². The number of hydrogen-bond acceptors (Lipinski definition) is 9. The summed E-state index contributed by atoms with van der Waals surface area (Å²) in [6.07, 6.45) is 0.390. The molecular formula is C24H19Cl2N7OS. The lowest BCUT2D eigenvalue weighted by Crippen LogP contribution is -2.27. The van der Waals surface area contributed by atoms with Crippen LogP contribution in [0.5, 0.6) is 0 Å². The highest BCUT2D eigenvalue weighted by molar-refractivity contribution is 7.22. The fraction of sp³-hybridized carbons (Fsp3) is 0.167. The summed E-state index contributed by atoms with van der Waals surface area (Å²) in [5.74, 6) is 0. The molecule has 0 aliphatic rings.